The summed E-state index contributed by atoms with van der Waals surface area (Å²) in [6.07, 6.45) is 0. The Kier molecular flexibility index (Phi) is 1.91. The van der Waals surface area contributed by atoms with E-state index in [0.717, 1.165) is 5.56 Å². The van der Waals surface area contributed by atoms with Gasteiger partial charge in [-0.15, -0.1) is 0 Å². The summed E-state index contributed by atoms with van der Waals surface area (Å²) >= 11 is 0. The monoisotopic (exact) mass is 194 g/mol. The van der Waals surface area contributed by atoms with Crippen LogP contribution in [-0.2, 0) is 0 Å². The maximum Gasteiger partial charge on any atom is 0.293 e. The Morgan fingerprint density at radius 2 is 2.14 bits per heavy atom. The minimum atomic E-state index is -0.423. The predicted octanol–water partition coefficient (Wildman–Crippen LogP) is 2.67. The van der Waals surface area contributed by atoms with Crippen LogP contribution < -0.4 is 5.73 Å². The first-order valence-electron chi connectivity index (χ1n) is 4.44. The number of hydrogen-bond donors (Lipinski definition) is 1. The zero-order valence-corrected chi connectivity index (χ0v) is 8.04. The van der Waals surface area contributed by atoms with Gasteiger partial charge in [-0.05, 0) is 17.5 Å². The molecule has 4 heteroatoms. The smallest absolute Gasteiger partial charge is 0.293 e. The van der Waals surface area contributed by atoms with Crippen molar-refractivity contribution in [3.63, 3.8) is 0 Å². The van der Waals surface area contributed by atoms with Crippen molar-refractivity contribution in [3.8, 4) is 0 Å². The lowest BCUT2D eigenvalue weighted by Gasteiger charge is -2.04. The van der Waals surface area contributed by atoms with E-state index in [4.69, 9.17) is 10.2 Å². The summed E-state index contributed by atoms with van der Waals surface area (Å²) in [7, 11) is 0. The summed E-state index contributed by atoms with van der Waals surface area (Å²) < 4.78 is 18.2. The van der Waals surface area contributed by atoms with Crippen LogP contribution in [0.15, 0.2) is 16.5 Å². The fourth-order valence-electron chi connectivity index (χ4n) is 1.48. The second-order valence-electron chi connectivity index (χ2n) is 3.52. The zero-order valence-electron chi connectivity index (χ0n) is 8.04. The van der Waals surface area contributed by atoms with Crippen LogP contribution >= 0.6 is 0 Å². The lowest BCUT2D eigenvalue weighted by Crippen LogP contribution is -1.90. The SMILES string of the molecule is CC(C)c1ccc(F)c2oc(N)nc12. The highest BCUT2D eigenvalue weighted by molar-refractivity contribution is 5.79. The molecule has 2 N–H and O–H groups in total. The molecular weight excluding hydrogens is 183 g/mol. The molecule has 0 amide bonds. The van der Waals surface area contributed by atoms with E-state index in [0.29, 0.717) is 5.52 Å². The third-order valence-electron chi connectivity index (χ3n) is 2.17. The van der Waals surface area contributed by atoms with Gasteiger partial charge in [0.15, 0.2) is 11.4 Å². The van der Waals surface area contributed by atoms with Crippen molar-refractivity contribution in [2.75, 3.05) is 5.73 Å². The Labute approximate surface area is 80.7 Å². The minimum Gasteiger partial charge on any atom is -0.421 e. The fraction of sp³-hybridized carbons (Fsp3) is 0.300. The Hall–Kier alpha value is -1.58. The number of halogens is 1. The van der Waals surface area contributed by atoms with Crippen LogP contribution in [0.2, 0.25) is 0 Å². The van der Waals surface area contributed by atoms with E-state index in [1.807, 2.05) is 13.8 Å². The van der Waals surface area contributed by atoms with Crippen LogP contribution in [-0.4, -0.2) is 4.98 Å². The van der Waals surface area contributed by atoms with Gasteiger partial charge in [0.25, 0.3) is 6.01 Å². The van der Waals surface area contributed by atoms with Crippen LogP contribution in [0.4, 0.5) is 10.4 Å². The third-order valence-corrected chi connectivity index (χ3v) is 2.17. The van der Waals surface area contributed by atoms with Crippen LogP contribution in [0.5, 0.6) is 0 Å². The molecule has 0 aliphatic heterocycles. The molecule has 74 valence electrons. The molecule has 0 saturated heterocycles. The lowest BCUT2D eigenvalue weighted by molar-refractivity contribution is 0.567. The number of nitrogens with two attached hydrogens (primary N) is 1. The van der Waals surface area contributed by atoms with Gasteiger partial charge in [-0.1, -0.05) is 19.9 Å². The minimum absolute atomic E-state index is 0.00648. The normalized spacial score (nSPS) is 11.4. The highest BCUT2D eigenvalue weighted by atomic mass is 19.1. The highest BCUT2D eigenvalue weighted by Crippen LogP contribution is 2.28. The molecule has 3 nitrogen and oxygen atoms in total. The molecule has 0 aliphatic carbocycles. The Morgan fingerprint density at radius 1 is 1.43 bits per heavy atom. The van der Waals surface area contributed by atoms with E-state index < -0.39 is 5.82 Å². The molecule has 2 aromatic rings. The molecule has 1 aromatic heterocycles. The second-order valence-corrected chi connectivity index (χ2v) is 3.52. The van der Waals surface area contributed by atoms with Gasteiger partial charge in [0, 0.05) is 0 Å². The van der Waals surface area contributed by atoms with Crippen LogP contribution in [0.1, 0.15) is 25.3 Å². The molecule has 14 heavy (non-hydrogen) atoms. The molecule has 1 heterocycles. The average molecular weight is 194 g/mol. The third kappa shape index (κ3) is 1.23. The molecule has 2 rings (SSSR count). The van der Waals surface area contributed by atoms with Gasteiger partial charge in [-0.2, -0.15) is 4.98 Å². The van der Waals surface area contributed by atoms with E-state index in [2.05, 4.69) is 4.98 Å². The van der Waals surface area contributed by atoms with E-state index in [1.165, 1.54) is 6.07 Å². The van der Waals surface area contributed by atoms with Crippen molar-refractivity contribution in [1.29, 1.82) is 0 Å². The van der Waals surface area contributed by atoms with Gasteiger partial charge in [0.2, 0.25) is 0 Å². The summed E-state index contributed by atoms with van der Waals surface area (Å²) in [4.78, 5) is 3.97. The van der Waals surface area contributed by atoms with Crippen molar-refractivity contribution in [3.05, 3.63) is 23.5 Å². The van der Waals surface area contributed by atoms with Crippen LogP contribution in [0, 0.1) is 5.82 Å². The number of nitrogens with zero attached hydrogens (tertiary/aromatic N) is 1. The number of benzene rings is 1. The van der Waals surface area contributed by atoms with Gasteiger partial charge < -0.3 is 10.2 Å². The second kappa shape index (κ2) is 2.97. The summed E-state index contributed by atoms with van der Waals surface area (Å²) in [6, 6.07) is 3.10. The Morgan fingerprint density at radius 3 is 2.79 bits per heavy atom. The van der Waals surface area contributed by atoms with Crippen LogP contribution in [0.25, 0.3) is 11.1 Å². The van der Waals surface area contributed by atoms with Crippen molar-refractivity contribution >= 4 is 17.1 Å². The predicted molar refractivity (Wildman–Crippen MR) is 52.5 cm³/mol. The maximum absolute atomic E-state index is 13.3. The number of fused-ring (bicyclic) bond motifs is 1. The van der Waals surface area contributed by atoms with Crippen LogP contribution in [0.3, 0.4) is 0 Å². The first-order chi connectivity index (χ1) is 6.59. The molecule has 0 bridgehead atoms. The van der Waals surface area contributed by atoms with Gasteiger partial charge >= 0.3 is 0 Å². The fourth-order valence-corrected chi connectivity index (χ4v) is 1.48. The largest absolute Gasteiger partial charge is 0.421 e. The lowest BCUT2D eigenvalue weighted by atomic mass is 10.0. The highest BCUT2D eigenvalue weighted by Gasteiger charge is 2.14. The van der Waals surface area contributed by atoms with Gasteiger partial charge in [-0.3, -0.25) is 0 Å². The van der Waals surface area contributed by atoms with Crippen molar-refractivity contribution < 1.29 is 8.81 Å². The molecule has 0 radical (unpaired) electrons. The van der Waals surface area contributed by atoms with Crippen molar-refractivity contribution in [1.82, 2.24) is 4.98 Å². The summed E-state index contributed by atoms with van der Waals surface area (Å²) in [6.45, 7) is 4.02. The first-order valence-corrected chi connectivity index (χ1v) is 4.44. The number of aromatic nitrogens is 1. The summed E-state index contributed by atoms with van der Waals surface area (Å²) in [5, 5.41) is 0. The average Bonchev–Trinajstić information content (AvgIpc) is 2.47. The van der Waals surface area contributed by atoms with E-state index in [-0.39, 0.29) is 17.5 Å². The van der Waals surface area contributed by atoms with Gasteiger partial charge in [0.05, 0.1) is 0 Å². The van der Waals surface area contributed by atoms with Gasteiger partial charge in [0.1, 0.15) is 5.52 Å². The first kappa shape index (κ1) is 8.99. The van der Waals surface area contributed by atoms with Crippen molar-refractivity contribution in [2.45, 2.75) is 19.8 Å². The molecule has 0 fully saturated rings. The number of hydrogen-bond acceptors (Lipinski definition) is 3. The number of oxazole rings is 1. The molecular formula is C10H11FN2O. The quantitative estimate of drug-likeness (QED) is 0.759. The molecule has 1 aromatic carbocycles. The summed E-state index contributed by atoms with van der Waals surface area (Å²) in [5.74, 6) is -0.156. The summed E-state index contributed by atoms with van der Waals surface area (Å²) in [5.41, 5.74) is 7.00. The molecule has 0 unspecified atom stereocenters. The van der Waals surface area contributed by atoms with E-state index in [1.54, 1.807) is 6.07 Å². The number of anilines is 1. The molecule has 0 aliphatic rings. The molecule has 0 spiro atoms. The maximum atomic E-state index is 13.3. The van der Waals surface area contributed by atoms with E-state index in [9.17, 15) is 4.39 Å². The Bertz CT molecular complexity index is 476. The van der Waals surface area contributed by atoms with Gasteiger partial charge in [-0.25, -0.2) is 4.39 Å². The standard InChI is InChI=1S/C10H11FN2O/c1-5(2)6-3-4-7(11)9-8(6)13-10(12)14-9/h3-5H,1-2H3,(H2,12,13). The van der Waals surface area contributed by atoms with Crippen molar-refractivity contribution in [2.24, 2.45) is 0 Å². The molecule has 0 atom stereocenters. The topological polar surface area (TPSA) is 52.0 Å². The van der Waals surface area contributed by atoms with E-state index >= 15 is 0 Å². The number of rotatable bonds is 1. The zero-order chi connectivity index (χ0) is 10.3. The molecule has 0 saturated carbocycles. The Balaban J connectivity index is 2.81. The number of nitrogen functional groups attached to an aromatic ring is 1.